The summed E-state index contributed by atoms with van der Waals surface area (Å²) in [7, 11) is 3.52. The SMILES string of the molecule is CCCn1c(SCC(=O)N2CCC(C)CC2)nc2c3cc(OC)ccc3n(C)c2c1=O. The van der Waals surface area contributed by atoms with E-state index in [1.165, 1.54) is 11.8 Å². The van der Waals surface area contributed by atoms with Gasteiger partial charge < -0.3 is 14.2 Å². The van der Waals surface area contributed by atoms with Crippen molar-refractivity contribution in [2.75, 3.05) is 26.0 Å². The van der Waals surface area contributed by atoms with Gasteiger partial charge in [0.25, 0.3) is 5.56 Å². The molecule has 1 saturated heterocycles. The molecule has 0 spiro atoms. The van der Waals surface area contributed by atoms with E-state index in [0.717, 1.165) is 49.0 Å². The highest BCUT2D eigenvalue weighted by Gasteiger charge is 2.22. The number of amides is 1. The summed E-state index contributed by atoms with van der Waals surface area (Å²) in [5, 5.41) is 1.49. The molecule has 4 rings (SSSR count). The number of benzene rings is 1. The maximum atomic E-state index is 13.4. The summed E-state index contributed by atoms with van der Waals surface area (Å²) >= 11 is 1.37. The minimum Gasteiger partial charge on any atom is -0.497 e. The smallest absolute Gasteiger partial charge is 0.278 e. The molecule has 31 heavy (non-hydrogen) atoms. The number of fused-ring (bicyclic) bond motifs is 3. The molecule has 0 aliphatic carbocycles. The fraction of sp³-hybridized carbons (Fsp3) is 0.522. The number of carbonyl (C=O) groups excluding carboxylic acids is 1. The van der Waals surface area contributed by atoms with E-state index in [1.54, 1.807) is 11.7 Å². The van der Waals surface area contributed by atoms with Gasteiger partial charge in [0.15, 0.2) is 5.16 Å². The van der Waals surface area contributed by atoms with Gasteiger partial charge in [0, 0.05) is 32.1 Å². The molecule has 1 aliphatic rings. The van der Waals surface area contributed by atoms with Gasteiger partial charge >= 0.3 is 0 Å². The van der Waals surface area contributed by atoms with Crippen molar-refractivity contribution in [1.82, 2.24) is 19.0 Å². The molecule has 0 radical (unpaired) electrons. The van der Waals surface area contributed by atoms with E-state index in [1.807, 2.05) is 41.6 Å². The highest BCUT2D eigenvalue weighted by Crippen LogP contribution is 2.30. The van der Waals surface area contributed by atoms with Crippen LogP contribution >= 0.6 is 11.8 Å². The molecule has 166 valence electrons. The van der Waals surface area contributed by atoms with Gasteiger partial charge in [-0.3, -0.25) is 14.2 Å². The lowest BCUT2D eigenvalue weighted by atomic mass is 9.99. The largest absolute Gasteiger partial charge is 0.497 e. The van der Waals surface area contributed by atoms with Crippen LogP contribution in [0.15, 0.2) is 28.2 Å². The highest BCUT2D eigenvalue weighted by atomic mass is 32.2. The summed E-state index contributed by atoms with van der Waals surface area (Å²) in [6, 6.07) is 5.76. The number of piperidine rings is 1. The number of aromatic nitrogens is 3. The van der Waals surface area contributed by atoms with Crippen molar-refractivity contribution in [2.45, 2.75) is 44.8 Å². The maximum Gasteiger partial charge on any atom is 0.278 e. The Morgan fingerprint density at radius 1 is 1.29 bits per heavy atom. The Labute approximate surface area is 186 Å². The molecule has 2 aromatic heterocycles. The Morgan fingerprint density at radius 3 is 2.71 bits per heavy atom. The monoisotopic (exact) mass is 442 g/mol. The van der Waals surface area contributed by atoms with Crippen molar-refractivity contribution in [1.29, 1.82) is 0 Å². The van der Waals surface area contributed by atoms with Crippen molar-refractivity contribution >= 4 is 39.6 Å². The predicted octanol–water partition coefficient (Wildman–Crippen LogP) is 3.66. The number of ether oxygens (including phenoxy) is 1. The van der Waals surface area contributed by atoms with Crippen LogP contribution in [-0.2, 0) is 18.4 Å². The second kappa shape index (κ2) is 8.94. The van der Waals surface area contributed by atoms with Crippen LogP contribution in [-0.4, -0.2) is 50.9 Å². The first-order valence-electron chi connectivity index (χ1n) is 10.9. The zero-order valence-corrected chi connectivity index (χ0v) is 19.5. The Hall–Kier alpha value is -2.48. The van der Waals surface area contributed by atoms with Crippen LogP contribution in [0.3, 0.4) is 0 Å². The van der Waals surface area contributed by atoms with Gasteiger partial charge in [-0.2, -0.15) is 0 Å². The van der Waals surface area contributed by atoms with Gasteiger partial charge in [0.05, 0.1) is 18.4 Å². The fourth-order valence-electron chi connectivity index (χ4n) is 4.27. The topological polar surface area (TPSA) is 69.4 Å². The third-order valence-corrected chi connectivity index (χ3v) is 7.14. The number of nitrogens with zero attached hydrogens (tertiary/aromatic N) is 4. The normalized spacial score (nSPS) is 15.2. The molecule has 8 heteroatoms. The average molecular weight is 443 g/mol. The molecule has 0 bridgehead atoms. The lowest BCUT2D eigenvalue weighted by Gasteiger charge is -2.30. The number of methoxy groups -OCH3 is 1. The molecule has 3 heterocycles. The second-order valence-electron chi connectivity index (χ2n) is 8.34. The average Bonchev–Trinajstić information content (AvgIpc) is 3.06. The molecular weight excluding hydrogens is 412 g/mol. The van der Waals surface area contributed by atoms with Crippen molar-refractivity contribution in [3.63, 3.8) is 0 Å². The summed E-state index contributed by atoms with van der Waals surface area (Å²) in [5.41, 5.74) is 2.11. The van der Waals surface area contributed by atoms with Crippen molar-refractivity contribution < 1.29 is 9.53 Å². The van der Waals surface area contributed by atoms with E-state index in [4.69, 9.17) is 9.72 Å². The van der Waals surface area contributed by atoms with E-state index in [2.05, 4.69) is 6.92 Å². The number of hydrogen-bond acceptors (Lipinski definition) is 5. The van der Waals surface area contributed by atoms with Crippen LogP contribution in [0.1, 0.15) is 33.1 Å². The summed E-state index contributed by atoms with van der Waals surface area (Å²) < 4.78 is 9.00. The summed E-state index contributed by atoms with van der Waals surface area (Å²) in [4.78, 5) is 33.0. The maximum absolute atomic E-state index is 13.4. The molecule has 0 unspecified atom stereocenters. The summed E-state index contributed by atoms with van der Waals surface area (Å²) in [5.74, 6) is 1.82. The van der Waals surface area contributed by atoms with Crippen LogP contribution in [0.25, 0.3) is 21.9 Å². The van der Waals surface area contributed by atoms with Gasteiger partial charge in [-0.25, -0.2) is 4.98 Å². The number of aryl methyl sites for hydroxylation is 1. The lowest BCUT2D eigenvalue weighted by Crippen LogP contribution is -2.39. The lowest BCUT2D eigenvalue weighted by molar-refractivity contribution is -0.129. The van der Waals surface area contributed by atoms with Crippen LogP contribution in [0.4, 0.5) is 0 Å². The third-order valence-electron chi connectivity index (χ3n) is 6.17. The van der Waals surface area contributed by atoms with Crippen molar-refractivity contribution in [3.05, 3.63) is 28.6 Å². The first-order chi connectivity index (χ1) is 14.9. The van der Waals surface area contributed by atoms with E-state index in [9.17, 15) is 9.59 Å². The molecule has 1 aliphatic heterocycles. The van der Waals surface area contributed by atoms with Gasteiger partial charge in [-0.1, -0.05) is 25.6 Å². The van der Waals surface area contributed by atoms with Crippen LogP contribution in [0.5, 0.6) is 5.75 Å². The van der Waals surface area contributed by atoms with Crippen molar-refractivity contribution in [3.8, 4) is 5.75 Å². The fourth-order valence-corrected chi connectivity index (χ4v) is 5.19. The zero-order chi connectivity index (χ0) is 22.1. The van der Waals surface area contributed by atoms with Crippen LogP contribution in [0, 0.1) is 5.92 Å². The van der Waals surface area contributed by atoms with Gasteiger partial charge in [-0.15, -0.1) is 0 Å². The van der Waals surface area contributed by atoms with E-state index < -0.39 is 0 Å². The molecule has 1 aromatic carbocycles. The molecule has 0 saturated carbocycles. The molecule has 1 fully saturated rings. The molecule has 0 atom stereocenters. The first-order valence-corrected chi connectivity index (χ1v) is 11.9. The van der Waals surface area contributed by atoms with E-state index in [-0.39, 0.29) is 11.5 Å². The molecular formula is C23H30N4O3S. The predicted molar refractivity (Wildman–Crippen MR) is 125 cm³/mol. The Balaban J connectivity index is 1.73. The number of likely N-dealkylation sites (tertiary alicyclic amines) is 1. The minimum atomic E-state index is -0.0636. The quantitative estimate of drug-likeness (QED) is 0.430. The van der Waals surface area contributed by atoms with E-state index in [0.29, 0.717) is 34.4 Å². The van der Waals surface area contributed by atoms with Crippen LogP contribution < -0.4 is 10.3 Å². The number of hydrogen-bond donors (Lipinski definition) is 0. The Kier molecular flexibility index (Phi) is 6.27. The van der Waals surface area contributed by atoms with Crippen molar-refractivity contribution in [2.24, 2.45) is 13.0 Å². The highest BCUT2D eigenvalue weighted by molar-refractivity contribution is 7.99. The van der Waals surface area contributed by atoms with Crippen LogP contribution in [0.2, 0.25) is 0 Å². The second-order valence-corrected chi connectivity index (χ2v) is 9.28. The van der Waals surface area contributed by atoms with Gasteiger partial charge in [0.2, 0.25) is 5.91 Å². The zero-order valence-electron chi connectivity index (χ0n) is 18.7. The van der Waals surface area contributed by atoms with E-state index >= 15 is 0 Å². The van der Waals surface area contributed by atoms with Gasteiger partial charge in [0.1, 0.15) is 16.8 Å². The number of carbonyl (C=O) groups is 1. The molecule has 7 nitrogen and oxygen atoms in total. The van der Waals surface area contributed by atoms with Gasteiger partial charge in [-0.05, 0) is 43.4 Å². The summed E-state index contributed by atoms with van der Waals surface area (Å²) in [6.45, 7) is 6.48. The Morgan fingerprint density at radius 2 is 2.03 bits per heavy atom. The summed E-state index contributed by atoms with van der Waals surface area (Å²) in [6.07, 6.45) is 2.92. The standard InChI is InChI=1S/C23H30N4O3S/c1-5-10-27-22(29)21-20(17-13-16(30-4)6-7-18(17)25(21)3)24-23(27)31-14-19(28)26-11-8-15(2)9-12-26/h6-7,13,15H,5,8-12,14H2,1-4H3. The first kappa shape index (κ1) is 21.7. The third kappa shape index (κ3) is 4.05. The Bertz CT molecular complexity index is 1180. The number of rotatable bonds is 6. The molecule has 1 amide bonds. The molecule has 3 aromatic rings. The molecule has 0 N–H and O–H groups in total. The minimum absolute atomic E-state index is 0.0636. The number of thioether (sulfide) groups is 1.